The first-order chi connectivity index (χ1) is 1.73. The molecule has 3 nitrogen and oxygen atoms in total. The van der Waals surface area contributed by atoms with Crippen molar-refractivity contribution in [1.29, 1.82) is 0 Å². The molecule has 0 aliphatic carbocycles. The molecular formula is H8AlBBaO3Zn. The van der Waals surface area contributed by atoms with Crippen LogP contribution in [0.1, 0.15) is 0 Å². The summed E-state index contributed by atoms with van der Waals surface area (Å²) in [4.78, 5) is 0. The third kappa shape index (κ3) is 54.1. The van der Waals surface area contributed by atoms with E-state index in [9.17, 15) is 0 Å². The molecule has 3 N–H and O–H groups in total. The van der Waals surface area contributed by atoms with Crippen LogP contribution in [0.15, 0.2) is 0 Å². The van der Waals surface area contributed by atoms with Crippen molar-refractivity contribution in [3.63, 3.8) is 0 Å². The first kappa shape index (κ1) is 22.6. The van der Waals surface area contributed by atoms with Crippen molar-refractivity contribution >= 4 is 73.6 Å². The fraction of sp³-hybridized carbons (Fsp3) is 0. The Balaban J connectivity index is -0.0000000150. The van der Waals surface area contributed by atoms with E-state index in [1.165, 1.54) is 0 Å². The van der Waals surface area contributed by atoms with Gasteiger partial charge in [0.1, 0.15) is 0 Å². The molecule has 0 rings (SSSR count). The fourth-order valence-corrected chi connectivity index (χ4v) is 0. The van der Waals surface area contributed by atoms with Crippen LogP contribution >= 0.6 is 0 Å². The van der Waals surface area contributed by atoms with Gasteiger partial charge in [-0.15, -0.1) is 0 Å². The van der Waals surface area contributed by atoms with Crippen LogP contribution in [0.3, 0.4) is 0 Å². The molecular weight excluding hydrogens is 289 g/mol. The predicted molar refractivity (Wildman–Crippen MR) is 30.9 cm³/mol. The van der Waals surface area contributed by atoms with Gasteiger partial charge >= 0.3 is 56.2 Å². The van der Waals surface area contributed by atoms with Crippen LogP contribution < -0.4 is 0 Å². The zero-order valence-corrected chi connectivity index (χ0v) is 5.59. The molecule has 0 amide bonds. The summed E-state index contributed by atoms with van der Waals surface area (Å²) in [5.41, 5.74) is 0. The van der Waals surface area contributed by atoms with Crippen molar-refractivity contribution in [3.8, 4) is 0 Å². The molecule has 0 aliphatic rings. The molecule has 0 saturated heterocycles. The predicted octanol–water partition coefficient (Wildman–Crippen LogP) is -4.15. The third-order valence-electron chi connectivity index (χ3n) is 0. The Hall–Kier alpha value is 2.67. The Bertz CT molecular complexity index is 19.7. The van der Waals surface area contributed by atoms with Gasteiger partial charge in [0.2, 0.25) is 0 Å². The van der Waals surface area contributed by atoms with Crippen LogP contribution in [-0.4, -0.2) is 88.6 Å². The molecule has 7 heteroatoms. The van der Waals surface area contributed by atoms with Crippen LogP contribution in [0.2, 0.25) is 0 Å². The van der Waals surface area contributed by atoms with Gasteiger partial charge in [0.25, 0.3) is 0 Å². The number of hydrogen-bond acceptors (Lipinski definition) is 3. The first-order valence-corrected chi connectivity index (χ1v) is 0.775. The van der Waals surface area contributed by atoms with E-state index in [1.807, 2.05) is 0 Å². The summed E-state index contributed by atoms with van der Waals surface area (Å²) >= 11 is 0. The van der Waals surface area contributed by atoms with Crippen molar-refractivity contribution in [3.05, 3.63) is 0 Å². The van der Waals surface area contributed by atoms with E-state index < -0.39 is 7.32 Å². The second kappa shape index (κ2) is 15.9. The van der Waals surface area contributed by atoms with Crippen molar-refractivity contribution in [2.45, 2.75) is 0 Å². The van der Waals surface area contributed by atoms with E-state index in [4.69, 9.17) is 15.1 Å². The third-order valence-corrected chi connectivity index (χ3v) is 0. The van der Waals surface area contributed by atoms with Crippen molar-refractivity contribution < 1.29 is 34.6 Å². The molecule has 0 atom stereocenters. The standard InChI is InChI=1S/Al.BH3O3.Ba.Zn.5H/c;2-1(3)4;;;;;;;/h;2-4H;;;;;;;. The van der Waals surface area contributed by atoms with E-state index in [-0.39, 0.29) is 85.7 Å². The molecule has 0 bridgehead atoms. The Labute approximate surface area is 106 Å². The average molecular weight is 297 g/mol. The van der Waals surface area contributed by atoms with E-state index in [1.54, 1.807) is 0 Å². The van der Waals surface area contributed by atoms with Gasteiger partial charge in [-0.1, -0.05) is 0 Å². The minimum absolute atomic E-state index is 0. The largest absolute Gasteiger partial charge is 0 e. The van der Waals surface area contributed by atoms with Gasteiger partial charge in [-0.3, -0.25) is 0 Å². The molecule has 0 unspecified atom stereocenters. The zero-order chi connectivity index (χ0) is 3.58. The second-order valence-corrected chi connectivity index (χ2v) is 0.346. The summed E-state index contributed by atoms with van der Waals surface area (Å²) < 4.78 is 0. The van der Waals surface area contributed by atoms with Gasteiger partial charge < -0.3 is 15.1 Å². The van der Waals surface area contributed by atoms with Crippen LogP contribution in [0.25, 0.3) is 0 Å². The smallest absolute Gasteiger partial charge is 0 e. The van der Waals surface area contributed by atoms with Gasteiger partial charge in [-0.05, 0) is 0 Å². The topological polar surface area (TPSA) is 60.7 Å². The van der Waals surface area contributed by atoms with Gasteiger partial charge in [0, 0.05) is 19.5 Å². The minimum atomic E-state index is -2.17. The molecule has 0 aromatic rings. The first-order valence-electron chi connectivity index (χ1n) is 0.775. The van der Waals surface area contributed by atoms with Crippen LogP contribution in [0, 0.1) is 0 Å². The Morgan fingerprint density at radius 3 is 1.00 bits per heavy atom. The molecule has 0 aromatic heterocycles. The molecule has 0 spiro atoms. The molecule has 0 saturated carbocycles. The van der Waals surface area contributed by atoms with Crippen LogP contribution in [0.4, 0.5) is 0 Å². The van der Waals surface area contributed by atoms with E-state index in [2.05, 4.69) is 0 Å². The van der Waals surface area contributed by atoms with Gasteiger partial charge in [0.15, 0.2) is 17.4 Å². The second-order valence-electron chi connectivity index (χ2n) is 0.346. The molecule has 36 valence electrons. The Morgan fingerprint density at radius 1 is 1.00 bits per heavy atom. The number of rotatable bonds is 0. The van der Waals surface area contributed by atoms with Crippen molar-refractivity contribution in [2.75, 3.05) is 0 Å². The summed E-state index contributed by atoms with van der Waals surface area (Å²) in [6.07, 6.45) is 0. The van der Waals surface area contributed by atoms with Crippen LogP contribution in [0.5, 0.6) is 0 Å². The van der Waals surface area contributed by atoms with Gasteiger partial charge in [-0.25, -0.2) is 0 Å². The molecule has 0 fully saturated rings. The van der Waals surface area contributed by atoms with Crippen LogP contribution in [-0.2, 0) is 19.5 Å². The van der Waals surface area contributed by atoms with E-state index in [0.717, 1.165) is 0 Å². The molecule has 0 radical (unpaired) electrons. The minimum Gasteiger partial charge on any atom is 0 e. The maximum absolute atomic E-state index is 7.17. The van der Waals surface area contributed by atoms with E-state index in [0.29, 0.717) is 0 Å². The summed E-state index contributed by atoms with van der Waals surface area (Å²) in [6, 6.07) is 0. The normalized spacial score (nSPS) is 3.86. The van der Waals surface area contributed by atoms with E-state index >= 15 is 0 Å². The summed E-state index contributed by atoms with van der Waals surface area (Å²) in [7, 11) is -2.17. The quantitative estimate of drug-likeness (QED) is 0.398. The molecule has 0 aromatic carbocycles. The van der Waals surface area contributed by atoms with Gasteiger partial charge in [0.05, 0.1) is 0 Å². The fourth-order valence-electron chi connectivity index (χ4n) is 0. The molecule has 0 heterocycles. The van der Waals surface area contributed by atoms with Gasteiger partial charge in [-0.2, -0.15) is 0 Å². The average Bonchev–Trinajstić information content (AvgIpc) is 0.811. The summed E-state index contributed by atoms with van der Waals surface area (Å²) in [5.74, 6) is 0. The van der Waals surface area contributed by atoms with Crippen molar-refractivity contribution in [2.24, 2.45) is 0 Å². The SMILES string of the molecule is OB(O)O.[AlH3].[BaH2].[Zn]. The Morgan fingerprint density at radius 2 is 1.00 bits per heavy atom. The summed E-state index contributed by atoms with van der Waals surface area (Å²) in [6.45, 7) is 0. The monoisotopic (exact) mass is 296 g/mol. The number of hydrogen-bond donors (Lipinski definition) is 3. The van der Waals surface area contributed by atoms with Crippen molar-refractivity contribution in [1.82, 2.24) is 0 Å². The molecule has 0 aliphatic heterocycles. The Kier molecular flexibility index (Phi) is 51.2. The molecule has 7 heavy (non-hydrogen) atoms. The maximum Gasteiger partial charge on any atom is 0 e. The maximum atomic E-state index is 7.17. The summed E-state index contributed by atoms with van der Waals surface area (Å²) in [5, 5.41) is 21.5. The zero-order valence-electron chi connectivity index (χ0n) is 2.63.